The van der Waals surface area contributed by atoms with Crippen LogP contribution in [0.3, 0.4) is 0 Å². The van der Waals surface area contributed by atoms with Crippen molar-refractivity contribution in [2.24, 2.45) is 0 Å². The molecule has 2 aromatic rings. The third-order valence-electron chi connectivity index (χ3n) is 3.12. The number of benzene rings is 2. The number of rotatable bonds is 4. The smallest absolute Gasteiger partial charge is 0.264 e. The van der Waals surface area contributed by atoms with Gasteiger partial charge in [-0.1, -0.05) is 18.2 Å². The number of carbonyl (C=O) groups is 1. The second-order valence-electron chi connectivity index (χ2n) is 4.41. The Balaban J connectivity index is 2.34. The number of sulfonamides is 1. The van der Waals surface area contributed by atoms with Crippen molar-refractivity contribution in [2.75, 3.05) is 18.4 Å². The zero-order valence-corrected chi connectivity index (χ0v) is 12.6. The monoisotopic (exact) mass is 304 g/mol. The molecule has 0 bridgehead atoms. The number of anilines is 1. The van der Waals surface area contributed by atoms with Gasteiger partial charge < -0.3 is 5.32 Å². The van der Waals surface area contributed by atoms with Crippen molar-refractivity contribution in [1.82, 2.24) is 5.32 Å². The summed E-state index contributed by atoms with van der Waals surface area (Å²) in [5.74, 6) is -0.254. The van der Waals surface area contributed by atoms with Gasteiger partial charge in [-0.05, 0) is 36.4 Å². The minimum atomic E-state index is -3.64. The van der Waals surface area contributed by atoms with Crippen molar-refractivity contribution >= 4 is 21.6 Å². The molecule has 0 aliphatic rings. The lowest BCUT2D eigenvalue weighted by Crippen LogP contribution is -2.26. The molecule has 6 heteroatoms. The predicted octanol–water partition coefficient (Wildman–Crippen LogP) is 1.87. The lowest BCUT2D eigenvalue weighted by molar-refractivity contribution is 0.0963. The largest absolute Gasteiger partial charge is 0.355 e. The number of hydrogen-bond donors (Lipinski definition) is 1. The zero-order chi connectivity index (χ0) is 15.5. The van der Waals surface area contributed by atoms with E-state index >= 15 is 0 Å². The summed E-state index contributed by atoms with van der Waals surface area (Å²) in [6.45, 7) is 0. The lowest BCUT2D eigenvalue weighted by Gasteiger charge is -2.19. The molecule has 0 aliphatic heterocycles. The van der Waals surface area contributed by atoms with Crippen molar-refractivity contribution in [2.45, 2.75) is 4.90 Å². The summed E-state index contributed by atoms with van der Waals surface area (Å²) in [6.07, 6.45) is 0. The second kappa shape index (κ2) is 5.97. The molecule has 0 saturated heterocycles. The number of nitrogens with one attached hydrogen (secondary N) is 1. The van der Waals surface area contributed by atoms with E-state index in [9.17, 15) is 13.2 Å². The maximum atomic E-state index is 12.5. The molecule has 2 aromatic carbocycles. The summed E-state index contributed by atoms with van der Waals surface area (Å²) in [7, 11) is -0.618. The number of amides is 1. The van der Waals surface area contributed by atoms with Gasteiger partial charge in [-0.15, -0.1) is 0 Å². The predicted molar refractivity (Wildman–Crippen MR) is 81.9 cm³/mol. The van der Waals surface area contributed by atoms with Crippen molar-refractivity contribution in [3.63, 3.8) is 0 Å². The van der Waals surface area contributed by atoms with Crippen LogP contribution >= 0.6 is 0 Å². The van der Waals surface area contributed by atoms with Crippen LogP contribution < -0.4 is 9.62 Å². The number of para-hydroxylation sites is 1. The first-order chi connectivity index (χ1) is 9.96. The Hall–Kier alpha value is -2.34. The Morgan fingerprint density at radius 1 is 1.00 bits per heavy atom. The molecule has 0 spiro atoms. The van der Waals surface area contributed by atoms with E-state index in [0.29, 0.717) is 11.3 Å². The van der Waals surface area contributed by atoms with Crippen LogP contribution in [0.25, 0.3) is 0 Å². The summed E-state index contributed by atoms with van der Waals surface area (Å²) in [6, 6.07) is 14.6. The fraction of sp³-hybridized carbons (Fsp3) is 0.133. The fourth-order valence-corrected chi connectivity index (χ4v) is 3.05. The highest BCUT2D eigenvalue weighted by atomic mass is 32.2. The molecular weight excluding hydrogens is 288 g/mol. The first-order valence-electron chi connectivity index (χ1n) is 6.33. The summed E-state index contributed by atoms with van der Waals surface area (Å²) in [5, 5.41) is 2.49. The maximum Gasteiger partial charge on any atom is 0.264 e. The zero-order valence-electron chi connectivity index (χ0n) is 11.8. The molecule has 0 aliphatic carbocycles. The molecule has 0 heterocycles. The first-order valence-corrected chi connectivity index (χ1v) is 7.77. The van der Waals surface area contributed by atoms with Gasteiger partial charge in [0.15, 0.2) is 0 Å². The summed E-state index contributed by atoms with van der Waals surface area (Å²) < 4.78 is 26.2. The maximum absolute atomic E-state index is 12.5. The molecule has 110 valence electrons. The summed E-state index contributed by atoms with van der Waals surface area (Å²) in [5.41, 5.74) is 0.992. The Morgan fingerprint density at radius 3 is 2.10 bits per heavy atom. The Morgan fingerprint density at radius 2 is 1.57 bits per heavy atom. The average Bonchev–Trinajstić information content (AvgIpc) is 2.54. The second-order valence-corrected chi connectivity index (χ2v) is 6.38. The topological polar surface area (TPSA) is 66.5 Å². The quantitative estimate of drug-likeness (QED) is 0.937. The third kappa shape index (κ3) is 3.05. The van der Waals surface area contributed by atoms with Gasteiger partial charge in [-0.3, -0.25) is 9.10 Å². The van der Waals surface area contributed by atoms with Crippen LogP contribution in [0, 0.1) is 0 Å². The fourth-order valence-electron chi connectivity index (χ4n) is 1.86. The van der Waals surface area contributed by atoms with Gasteiger partial charge in [-0.2, -0.15) is 0 Å². The van der Waals surface area contributed by atoms with E-state index in [0.717, 1.165) is 0 Å². The molecular formula is C15H16N2O3S. The first kappa shape index (κ1) is 15.1. The van der Waals surface area contributed by atoms with Crippen LogP contribution in [0.4, 0.5) is 5.69 Å². The Bertz CT molecular complexity index is 725. The molecule has 5 nitrogen and oxygen atoms in total. The molecule has 0 unspecified atom stereocenters. The van der Waals surface area contributed by atoms with E-state index in [1.165, 1.54) is 42.7 Å². The summed E-state index contributed by atoms with van der Waals surface area (Å²) in [4.78, 5) is 11.6. The van der Waals surface area contributed by atoms with E-state index in [4.69, 9.17) is 0 Å². The molecule has 0 aromatic heterocycles. The third-order valence-corrected chi connectivity index (χ3v) is 4.92. The van der Waals surface area contributed by atoms with Crippen molar-refractivity contribution in [3.8, 4) is 0 Å². The lowest BCUT2D eigenvalue weighted by atomic mass is 10.2. The van der Waals surface area contributed by atoms with E-state index in [1.807, 2.05) is 6.07 Å². The summed E-state index contributed by atoms with van der Waals surface area (Å²) >= 11 is 0. The average molecular weight is 304 g/mol. The van der Waals surface area contributed by atoms with Crippen LogP contribution in [-0.2, 0) is 10.0 Å². The van der Waals surface area contributed by atoms with Gasteiger partial charge in [-0.25, -0.2) is 8.42 Å². The Kier molecular flexibility index (Phi) is 4.28. The van der Waals surface area contributed by atoms with Crippen LogP contribution in [0.5, 0.6) is 0 Å². The van der Waals surface area contributed by atoms with Crippen LogP contribution in [0.2, 0.25) is 0 Å². The van der Waals surface area contributed by atoms with Gasteiger partial charge in [0.2, 0.25) is 0 Å². The molecule has 2 rings (SSSR count). The van der Waals surface area contributed by atoms with Gasteiger partial charge >= 0.3 is 0 Å². The van der Waals surface area contributed by atoms with Gasteiger partial charge in [0.05, 0.1) is 10.6 Å². The normalized spacial score (nSPS) is 11.0. The van der Waals surface area contributed by atoms with Crippen LogP contribution in [-0.4, -0.2) is 28.4 Å². The molecule has 0 saturated carbocycles. The standard InChI is InChI=1S/C15H16N2O3S/c1-16-15(18)12-8-10-14(11-9-12)21(19,20)17(2)13-6-4-3-5-7-13/h3-11H,1-2H3,(H,16,18). The minimum absolute atomic E-state index is 0.140. The molecule has 0 fully saturated rings. The molecule has 0 radical (unpaired) electrons. The molecule has 1 amide bonds. The number of nitrogens with zero attached hydrogens (tertiary/aromatic N) is 1. The molecule has 21 heavy (non-hydrogen) atoms. The van der Waals surface area contributed by atoms with Gasteiger partial charge in [0.1, 0.15) is 0 Å². The molecule has 0 atom stereocenters. The van der Waals surface area contributed by atoms with Gasteiger partial charge in [0, 0.05) is 19.7 Å². The van der Waals surface area contributed by atoms with Crippen LogP contribution in [0.15, 0.2) is 59.5 Å². The van der Waals surface area contributed by atoms with E-state index < -0.39 is 10.0 Å². The highest BCUT2D eigenvalue weighted by Crippen LogP contribution is 2.21. The highest BCUT2D eigenvalue weighted by molar-refractivity contribution is 7.92. The highest BCUT2D eigenvalue weighted by Gasteiger charge is 2.21. The van der Waals surface area contributed by atoms with Gasteiger partial charge in [0.25, 0.3) is 15.9 Å². The van der Waals surface area contributed by atoms with E-state index in [2.05, 4.69) is 5.32 Å². The number of carbonyl (C=O) groups excluding carboxylic acids is 1. The van der Waals surface area contributed by atoms with Crippen LogP contribution in [0.1, 0.15) is 10.4 Å². The SMILES string of the molecule is CNC(=O)c1ccc(S(=O)(=O)N(C)c2ccccc2)cc1. The van der Waals surface area contributed by atoms with Crippen molar-refractivity contribution in [1.29, 1.82) is 0 Å². The van der Waals surface area contributed by atoms with E-state index in [-0.39, 0.29) is 10.8 Å². The number of hydrogen-bond acceptors (Lipinski definition) is 3. The Labute approximate surface area is 124 Å². The minimum Gasteiger partial charge on any atom is -0.355 e. The van der Waals surface area contributed by atoms with E-state index in [1.54, 1.807) is 24.3 Å². The van der Waals surface area contributed by atoms with Crippen molar-refractivity contribution < 1.29 is 13.2 Å². The van der Waals surface area contributed by atoms with Crippen molar-refractivity contribution in [3.05, 3.63) is 60.2 Å². The molecule has 1 N–H and O–H groups in total.